The fourth-order valence-corrected chi connectivity index (χ4v) is 2.63. The molecule has 0 saturated carbocycles. The Kier molecular flexibility index (Phi) is 6.01. The summed E-state index contributed by atoms with van der Waals surface area (Å²) in [7, 11) is 0. The monoisotopic (exact) mass is 409 g/mol. The van der Waals surface area contributed by atoms with Gasteiger partial charge in [-0.3, -0.25) is 9.59 Å². The van der Waals surface area contributed by atoms with Gasteiger partial charge in [0.15, 0.2) is 0 Å². The van der Waals surface area contributed by atoms with Gasteiger partial charge < -0.3 is 25.7 Å². The van der Waals surface area contributed by atoms with Crippen LogP contribution in [0, 0.1) is 0 Å². The summed E-state index contributed by atoms with van der Waals surface area (Å²) in [4.78, 5) is 43.6. The van der Waals surface area contributed by atoms with Crippen molar-refractivity contribution in [3.8, 4) is 0 Å². The number of aromatic amines is 1. The smallest absolute Gasteiger partial charge is 0.408 e. The zero-order valence-electron chi connectivity index (χ0n) is 16.9. The summed E-state index contributed by atoms with van der Waals surface area (Å²) in [5.41, 5.74) is 2.13. The van der Waals surface area contributed by atoms with Gasteiger partial charge in [0.05, 0.1) is 28.7 Å². The number of nitrogens with one attached hydrogen (secondary N) is 4. The SMILES string of the molecule is CC(C)(C)OC(=O)NCC(=O)Nc1ccccc1NC(=O)c1ccc2nc[nH]c2c1. The molecule has 3 amide bonds. The quantitative estimate of drug-likeness (QED) is 0.515. The third kappa shape index (κ3) is 5.57. The Morgan fingerprint density at radius 2 is 1.73 bits per heavy atom. The highest BCUT2D eigenvalue weighted by atomic mass is 16.6. The number of hydrogen-bond acceptors (Lipinski definition) is 5. The molecule has 0 saturated heterocycles. The fourth-order valence-electron chi connectivity index (χ4n) is 2.63. The first-order valence-electron chi connectivity index (χ1n) is 9.31. The van der Waals surface area contributed by atoms with Crippen molar-refractivity contribution in [2.24, 2.45) is 0 Å². The summed E-state index contributed by atoms with van der Waals surface area (Å²) in [6.07, 6.45) is 0.871. The van der Waals surface area contributed by atoms with Gasteiger partial charge in [-0.05, 0) is 51.1 Å². The van der Waals surface area contributed by atoms with Crippen LogP contribution in [0.25, 0.3) is 11.0 Å². The highest BCUT2D eigenvalue weighted by Crippen LogP contribution is 2.22. The van der Waals surface area contributed by atoms with Crippen molar-refractivity contribution >= 4 is 40.3 Å². The Morgan fingerprint density at radius 1 is 1.03 bits per heavy atom. The van der Waals surface area contributed by atoms with Gasteiger partial charge in [-0.1, -0.05) is 12.1 Å². The average Bonchev–Trinajstić information content (AvgIpc) is 3.14. The van der Waals surface area contributed by atoms with Crippen LogP contribution in [0.1, 0.15) is 31.1 Å². The third-order valence-electron chi connectivity index (χ3n) is 3.92. The van der Waals surface area contributed by atoms with Crippen LogP contribution in [0.5, 0.6) is 0 Å². The van der Waals surface area contributed by atoms with Crippen molar-refractivity contribution in [1.29, 1.82) is 0 Å². The molecular formula is C21H23N5O4. The number of aromatic nitrogens is 2. The van der Waals surface area contributed by atoms with E-state index in [1.54, 1.807) is 69.6 Å². The maximum atomic E-state index is 12.6. The van der Waals surface area contributed by atoms with Gasteiger partial charge in [0, 0.05) is 5.56 Å². The molecule has 0 spiro atoms. The molecule has 0 atom stereocenters. The molecule has 4 N–H and O–H groups in total. The maximum absolute atomic E-state index is 12.6. The van der Waals surface area contributed by atoms with Gasteiger partial charge in [0.1, 0.15) is 12.1 Å². The predicted octanol–water partition coefficient (Wildman–Crippen LogP) is 3.28. The molecule has 9 heteroatoms. The number of ether oxygens (including phenoxy) is 1. The zero-order chi connectivity index (χ0) is 21.7. The summed E-state index contributed by atoms with van der Waals surface area (Å²) in [5.74, 6) is -0.790. The van der Waals surface area contributed by atoms with Crippen LogP contribution >= 0.6 is 0 Å². The average molecular weight is 409 g/mol. The highest BCUT2D eigenvalue weighted by molar-refractivity contribution is 6.08. The lowest BCUT2D eigenvalue weighted by molar-refractivity contribution is -0.115. The first kappa shape index (κ1) is 20.8. The molecule has 3 aromatic rings. The van der Waals surface area contributed by atoms with E-state index in [9.17, 15) is 14.4 Å². The molecule has 2 aromatic carbocycles. The number of anilines is 2. The van der Waals surface area contributed by atoms with Gasteiger partial charge >= 0.3 is 6.09 Å². The standard InChI is InChI=1S/C21H23N5O4/c1-21(2,3)30-20(29)22-11-18(27)25-15-6-4-5-7-16(15)26-19(28)13-8-9-14-17(10-13)24-12-23-14/h4-10,12H,11H2,1-3H3,(H,22,29)(H,23,24)(H,25,27)(H,26,28). The molecule has 0 unspecified atom stereocenters. The summed E-state index contributed by atoms with van der Waals surface area (Å²) in [5, 5.41) is 7.85. The number of amides is 3. The molecule has 0 radical (unpaired) electrons. The second kappa shape index (κ2) is 8.64. The molecule has 0 aliphatic rings. The highest BCUT2D eigenvalue weighted by Gasteiger charge is 2.17. The van der Waals surface area contributed by atoms with Crippen molar-refractivity contribution in [2.75, 3.05) is 17.2 Å². The topological polar surface area (TPSA) is 125 Å². The molecule has 9 nitrogen and oxygen atoms in total. The van der Waals surface area contributed by atoms with Crippen molar-refractivity contribution in [2.45, 2.75) is 26.4 Å². The van der Waals surface area contributed by atoms with Crippen LogP contribution in [0.15, 0.2) is 48.8 Å². The van der Waals surface area contributed by atoms with Gasteiger partial charge in [-0.25, -0.2) is 9.78 Å². The minimum Gasteiger partial charge on any atom is -0.444 e. The largest absolute Gasteiger partial charge is 0.444 e. The molecule has 30 heavy (non-hydrogen) atoms. The van der Waals surface area contributed by atoms with Gasteiger partial charge in [0.25, 0.3) is 5.91 Å². The molecule has 3 rings (SSSR count). The number of H-pyrrole nitrogens is 1. The second-order valence-corrected chi connectivity index (χ2v) is 7.54. The van der Waals surface area contributed by atoms with E-state index in [2.05, 4.69) is 25.9 Å². The van der Waals surface area contributed by atoms with E-state index in [-0.39, 0.29) is 12.5 Å². The van der Waals surface area contributed by atoms with E-state index >= 15 is 0 Å². The minimum atomic E-state index is -0.687. The van der Waals surface area contributed by atoms with E-state index in [0.29, 0.717) is 16.9 Å². The number of rotatable bonds is 5. The molecule has 156 valence electrons. The normalized spacial score (nSPS) is 11.0. The van der Waals surface area contributed by atoms with Crippen LogP contribution < -0.4 is 16.0 Å². The van der Waals surface area contributed by atoms with Crippen LogP contribution in [0.2, 0.25) is 0 Å². The molecule has 0 fully saturated rings. The number of benzene rings is 2. The summed E-state index contributed by atoms with van der Waals surface area (Å²) in [6, 6.07) is 11.9. The number of nitrogens with zero attached hydrogens (tertiary/aromatic N) is 1. The number of carbonyl (C=O) groups is 3. The number of fused-ring (bicyclic) bond motifs is 1. The Morgan fingerprint density at radius 3 is 2.43 bits per heavy atom. The first-order chi connectivity index (χ1) is 14.2. The van der Waals surface area contributed by atoms with Crippen molar-refractivity contribution in [3.63, 3.8) is 0 Å². The van der Waals surface area contributed by atoms with Gasteiger partial charge in [-0.2, -0.15) is 0 Å². The summed E-state index contributed by atoms with van der Waals surface area (Å²) < 4.78 is 5.09. The second-order valence-electron chi connectivity index (χ2n) is 7.54. The minimum absolute atomic E-state index is 0.270. The first-order valence-corrected chi connectivity index (χ1v) is 9.31. The van der Waals surface area contributed by atoms with Gasteiger partial charge in [0.2, 0.25) is 5.91 Å². The van der Waals surface area contributed by atoms with E-state index in [1.165, 1.54) is 0 Å². The Labute approximate surface area is 173 Å². The molecule has 0 bridgehead atoms. The number of imidazole rings is 1. The van der Waals surface area contributed by atoms with Crippen molar-refractivity contribution in [3.05, 3.63) is 54.4 Å². The zero-order valence-corrected chi connectivity index (χ0v) is 16.9. The summed E-state index contributed by atoms with van der Waals surface area (Å²) in [6.45, 7) is 4.93. The van der Waals surface area contributed by atoms with Crippen LogP contribution in [0.4, 0.5) is 16.2 Å². The fraction of sp³-hybridized carbons (Fsp3) is 0.238. The number of hydrogen-bond donors (Lipinski definition) is 4. The van der Waals surface area contributed by atoms with Crippen LogP contribution in [0.3, 0.4) is 0 Å². The van der Waals surface area contributed by atoms with E-state index in [1.807, 2.05) is 0 Å². The lowest BCUT2D eigenvalue weighted by Crippen LogP contribution is -2.37. The molecule has 1 aromatic heterocycles. The maximum Gasteiger partial charge on any atom is 0.408 e. The molecule has 1 heterocycles. The van der Waals surface area contributed by atoms with E-state index < -0.39 is 17.6 Å². The van der Waals surface area contributed by atoms with Crippen molar-refractivity contribution < 1.29 is 19.1 Å². The Balaban J connectivity index is 1.63. The van der Waals surface area contributed by atoms with Crippen LogP contribution in [-0.4, -0.2) is 40.0 Å². The molecule has 0 aliphatic heterocycles. The van der Waals surface area contributed by atoms with Crippen molar-refractivity contribution in [1.82, 2.24) is 15.3 Å². The predicted molar refractivity (Wildman–Crippen MR) is 113 cm³/mol. The number of alkyl carbamates (subject to hydrolysis) is 1. The third-order valence-corrected chi connectivity index (χ3v) is 3.92. The van der Waals surface area contributed by atoms with Gasteiger partial charge in [-0.15, -0.1) is 0 Å². The van der Waals surface area contributed by atoms with Crippen LogP contribution in [-0.2, 0) is 9.53 Å². The Bertz CT molecular complexity index is 1080. The van der Waals surface area contributed by atoms with E-state index in [0.717, 1.165) is 11.0 Å². The molecule has 0 aliphatic carbocycles. The lowest BCUT2D eigenvalue weighted by Gasteiger charge is -2.19. The van der Waals surface area contributed by atoms with E-state index in [4.69, 9.17) is 4.74 Å². The molecular weight excluding hydrogens is 386 g/mol. The lowest BCUT2D eigenvalue weighted by atomic mass is 10.1. The Hall–Kier alpha value is -3.88. The summed E-state index contributed by atoms with van der Waals surface area (Å²) >= 11 is 0. The number of carbonyl (C=O) groups excluding carboxylic acids is 3. The number of para-hydroxylation sites is 2.